The van der Waals surface area contributed by atoms with Crippen molar-refractivity contribution in [2.24, 2.45) is 0 Å². The summed E-state index contributed by atoms with van der Waals surface area (Å²) in [4.78, 5) is 11.1. The summed E-state index contributed by atoms with van der Waals surface area (Å²) in [5, 5.41) is 18.3. The molecule has 0 bridgehead atoms. The number of nitrogens with zero attached hydrogens (tertiary/aromatic N) is 1. The van der Waals surface area contributed by atoms with Gasteiger partial charge in [-0.25, -0.2) is 17.9 Å². The maximum atomic E-state index is 12.2. The number of carbonyl (C=O) groups is 1. The van der Waals surface area contributed by atoms with Crippen LogP contribution in [0.3, 0.4) is 0 Å². The molecule has 0 saturated heterocycles. The van der Waals surface area contributed by atoms with E-state index in [-0.39, 0.29) is 23.2 Å². The molecule has 1 aromatic rings. The van der Waals surface area contributed by atoms with Gasteiger partial charge in [0.1, 0.15) is 10.6 Å². The first-order valence-electron chi connectivity index (χ1n) is 6.47. The van der Waals surface area contributed by atoms with Gasteiger partial charge in [0.2, 0.25) is 10.0 Å². The van der Waals surface area contributed by atoms with Crippen LogP contribution in [0.2, 0.25) is 0 Å². The van der Waals surface area contributed by atoms with Gasteiger partial charge in [0, 0.05) is 12.2 Å². The Balaban J connectivity index is 1.93. The molecule has 7 nitrogen and oxygen atoms in total. The molecular formula is C12H16N2O5S. The summed E-state index contributed by atoms with van der Waals surface area (Å²) >= 11 is 0. The maximum absolute atomic E-state index is 12.2. The summed E-state index contributed by atoms with van der Waals surface area (Å²) < 4.78 is 28.5. The second-order valence-electron chi connectivity index (χ2n) is 5.55. The summed E-state index contributed by atoms with van der Waals surface area (Å²) in [5.74, 6) is -1.14. The van der Waals surface area contributed by atoms with Gasteiger partial charge in [-0.15, -0.1) is 0 Å². The van der Waals surface area contributed by atoms with E-state index in [0.29, 0.717) is 12.8 Å². The van der Waals surface area contributed by atoms with Crippen LogP contribution in [0.1, 0.15) is 42.2 Å². The number of aromatic carboxylic acids is 1. The first kappa shape index (κ1) is 13.6. The zero-order chi connectivity index (χ0) is 14.5. The topological polar surface area (TPSA) is 109 Å². The summed E-state index contributed by atoms with van der Waals surface area (Å²) in [6.07, 6.45) is 4.29. The molecule has 0 spiro atoms. The van der Waals surface area contributed by atoms with Gasteiger partial charge in [0.15, 0.2) is 0 Å². The van der Waals surface area contributed by atoms with Crippen LogP contribution in [0.15, 0.2) is 17.2 Å². The molecule has 2 fully saturated rings. The zero-order valence-corrected chi connectivity index (χ0v) is 11.6. The second kappa shape index (κ2) is 4.31. The highest BCUT2D eigenvalue weighted by molar-refractivity contribution is 7.89. The van der Waals surface area contributed by atoms with Crippen LogP contribution >= 0.6 is 0 Å². The van der Waals surface area contributed by atoms with Crippen LogP contribution in [0.25, 0.3) is 0 Å². The van der Waals surface area contributed by atoms with E-state index in [1.54, 1.807) is 0 Å². The predicted molar refractivity (Wildman–Crippen MR) is 69.0 cm³/mol. The highest BCUT2D eigenvalue weighted by atomic mass is 32.2. The molecule has 20 heavy (non-hydrogen) atoms. The van der Waals surface area contributed by atoms with E-state index in [9.17, 15) is 18.3 Å². The van der Waals surface area contributed by atoms with Gasteiger partial charge in [-0.3, -0.25) is 0 Å². The van der Waals surface area contributed by atoms with Gasteiger partial charge in [-0.05, 0) is 31.7 Å². The number of aliphatic hydroxyl groups is 1. The third-order valence-corrected chi connectivity index (χ3v) is 5.35. The molecule has 0 aliphatic heterocycles. The number of carboxylic acids is 1. The quantitative estimate of drug-likeness (QED) is 0.701. The van der Waals surface area contributed by atoms with Crippen molar-refractivity contribution in [3.63, 3.8) is 0 Å². The average molecular weight is 300 g/mol. The third-order valence-electron chi connectivity index (χ3n) is 3.80. The highest BCUT2D eigenvalue weighted by Gasteiger charge is 2.46. The Morgan fingerprint density at radius 3 is 2.55 bits per heavy atom. The van der Waals surface area contributed by atoms with Crippen LogP contribution in [-0.4, -0.2) is 41.3 Å². The number of aromatic nitrogens is 1. The molecule has 1 aromatic heterocycles. The first-order valence-corrected chi connectivity index (χ1v) is 7.95. The highest BCUT2D eigenvalue weighted by Crippen LogP contribution is 2.39. The predicted octanol–water partition coefficient (Wildman–Crippen LogP) is 0.324. The number of nitrogens with one attached hydrogen (secondary N) is 1. The van der Waals surface area contributed by atoms with Crippen molar-refractivity contribution in [3.8, 4) is 0 Å². The van der Waals surface area contributed by atoms with E-state index in [2.05, 4.69) is 4.72 Å². The molecule has 8 heteroatoms. The van der Waals surface area contributed by atoms with Crippen molar-refractivity contribution in [3.05, 3.63) is 18.0 Å². The van der Waals surface area contributed by atoms with E-state index >= 15 is 0 Å². The van der Waals surface area contributed by atoms with E-state index < -0.39 is 21.5 Å². The molecule has 3 N–H and O–H groups in total. The average Bonchev–Trinajstić information content (AvgIpc) is 3.29. The van der Waals surface area contributed by atoms with Crippen molar-refractivity contribution < 1.29 is 23.4 Å². The minimum Gasteiger partial charge on any atom is -0.477 e. The summed E-state index contributed by atoms with van der Waals surface area (Å²) in [6.45, 7) is -0.249. The lowest BCUT2D eigenvalue weighted by Crippen LogP contribution is -2.39. The Morgan fingerprint density at radius 2 is 2.10 bits per heavy atom. The number of hydrogen-bond acceptors (Lipinski definition) is 4. The molecule has 0 aromatic carbocycles. The minimum atomic E-state index is -3.80. The Morgan fingerprint density at radius 1 is 1.45 bits per heavy atom. The van der Waals surface area contributed by atoms with Gasteiger partial charge in [-0.1, -0.05) is 0 Å². The Bertz CT molecular complexity index is 655. The fourth-order valence-electron chi connectivity index (χ4n) is 2.21. The lowest BCUT2D eigenvalue weighted by molar-refractivity contribution is 0.0685. The molecule has 2 aliphatic rings. The van der Waals surface area contributed by atoms with Crippen LogP contribution in [0.4, 0.5) is 0 Å². The summed E-state index contributed by atoms with van der Waals surface area (Å²) in [7, 11) is -3.80. The van der Waals surface area contributed by atoms with Crippen molar-refractivity contribution >= 4 is 16.0 Å². The minimum absolute atomic E-state index is 0.0123. The Hall–Kier alpha value is -1.38. The van der Waals surface area contributed by atoms with Crippen molar-refractivity contribution in [1.29, 1.82) is 0 Å². The van der Waals surface area contributed by atoms with E-state index in [0.717, 1.165) is 12.8 Å². The van der Waals surface area contributed by atoms with Gasteiger partial charge in [0.25, 0.3) is 0 Å². The zero-order valence-electron chi connectivity index (χ0n) is 10.7. The summed E-state index contributed by atoms with van der Waals surface area (Å²) in [5.41, 5.74) is -0.772. The fourth-order valence-corrected chi connectivity index (χ4v) is 3.69. The van der Waals surface area contributed by atoms with E-state index in [4.69, 9.17) is 5.11 Å². The molecular weight excluding hydrogens is 284 g/mol. The van der Waals surface area contributed by atoms with Gasteiger partial charge < -0.3 is 14.8 Å². The lowest BCUT2D eigenvalue weighted by Gasteiger charge is -2.13. The number of rotatable bonds is 6. The molecule has 110 valence electrons. The molecule has 0 atom stereocenters. The molecule has 1 heterocycles. The molecule has 0 unspecified atom stereocenters. The summed E-state index contributed by atoms with van der Waals surface area (Å²) in [6, 6.07) is 1.26. The number of sulfonamides is 1. The first-order chi connectivity index (χ1) is 9.37. The monoisotopic (exact) mass is 300 g/mol. The smallest absolute Gasteiger partial charge is 0.352 e. The van der Waals surface area contributed by atoms with Crippen molar-refractivity contribution in [1.82, 2.24) is 9.29 Å². The normalized spacial score (nSPS) is 20.9. The van der Waals surface area contributed by atoms with Crippen molar-refractivity contribution in [2.45, 2.75) is 42.2 Å². The number of aliphatic hydroxyl groups excluding tert-OH is 1. The number of hydrogen-bond donors (Lipinski definition) is 3. The van der Waals surface area contributed by atoms with E-state index in [1.165, 1.54) is 16.8 Å². The molecule has 2 saturated carbocycles. The molecule has 0 amide bonds. The molecule has 3 rings (SSSR count). The third kappa shape index (κ3) is 2.34. The van der Waals surface area contributed by atoms with Crippen LogP contribution < -0.4 is 4.72 Å². The number of carboxylic acid groups (broad SMARTS) is 1. The van der Waals surface area contributed by atoms with Crippen LogP contribution in [-0.2, 0) is 10.0 Å². The van der Waals surface area contributed by atoms with Gasteiger partial charge >= 0.3 is 5.97 Å². The largest absolute Gasteiger partial charge is 0.477 e. The fraction of sp³-hybridized carbons (Fsp3) is 0.583. The van der Waals surface area contributed by atoms with Crippen LogP contribution in [0.5, 0.6) is 0 Å². The van der Waals surface area contributed by atoms with E-state index in [1.807, 2.05) is 0 Å². The Kier molecular flexibility index (Phi) is 2.93. The second-order valence-corrected chi connectivity index (χ2v) is 7.23. The van der Waals surface area contributed by atoms with Gasteiger partial charge in [0.05, 0.1) is 12.1 Å². The van der Waals surface area contributed by atoms with Gasteiger partial charge in [-0.2, -0.15) is 0 Å². The SMILES string of the molecule is O=C(O)c1cc(S(=O)(=O)NC2(CO)CC2)cn1C1CC1. The maximum Gasteiger partial charge on any atom is 0.352 e. The van der Waals surface area contributed by atoms with Crippen LogP contribution in [0, 0.1) is 0 Å². The lowest BCUT2D eigenvalue weighted by atomic mass is 10.3. The molecule has 2 aliphatic carbocycles. The standard InChI is InChI=1S/C12H16N2O5S/c15-7-12(3-4-12)13-20(18,19)9-5-10(11(16)17)14(6-9)8-1-2-8/h5-6,8,13,15H,1-4,7H2,(H,16,17). The van der Waals surface area contributed by atoms with Crippen molar-refractivity contribution in [2.75, 3.05) is 6.61 Å². The molecule has 0 radical (unpaired) electrons. The Labute approximate surface area is 116 Å².